The van der Waals surface area contributed by atoms with Crippen molar-refractivity contribution in [1.82, 2.24) is 19.5 Å². The van der Waals surface area contributed by atoms with Crippen molar-refractivity contribution < 1.29 is 23.7 Å². The lowest BCUT2D eigenvalue weighted by Crippen LogP contribution is -2.29. The van der Waals surface area contributed by atoms with Crippen molar-refractivity contribution in [2.24, 2.45) is 5.92 Å². The molecule has 1 aliphatic rings. The van der Waals surface area contributed by atoms with Gasteiger partial charge in [0.05, 0.1) is 36.7 Å². The largest absolute Gasteiger partial charge is 0.480 e. The average molecular weight is 484 g/mol. The van der Waals surface area contributed by atoms with E-state index in [0.29, 0.717) is 36.6 Å². The Morgan fingerprint density at radius 3 is 2.77 bits per heavy atom. The van der Waals surface area contributed by atoms with Crippen molar-refractivity contribution in [1.29, 1.82) is 0 Å². The van der Waals surface area contributed by atoms with Crippen LogP contribution in [0.1, 0.15) is 24.4 Å². The van der Waals surface area contributed by atoms with Crippen molar-refractivity contribution in [2.45, 2.75) is 43.9 Å². The first-order valence-electron chi connectivity index (χ1n) is 11.6. The van der Waals surface area contributed by atoms with Crippen LogP contribution in [0.2, 0.25) is 0 Å². The number of aliphatic hydroxyl groups is 2. The van der Waals surface area contributed by atoms with E-state index in [1.807, 2.05) is 41.1 Å². The van der Waals surface area contributed by atoms with Crippen LogP contribution in [-0.2, 0) is 6.42 Å². The maximum absolute atomic E-state index is 12.5. The Morgan fingerprint density at radius 1 is 1.14 bits per heavy atom. The zero-order chi connectivity index (χ0) is 24.5. The Bertz CT molecular complexity index is 1330. The molecule has 8 nitrogen and oxygen atoms in total. The van der Waals surface area contributed by atoms with Gasteiger partial charge >= 0.3 is 0 Å². The fourth-order valence-corrected chi connectivity index (χ4v) is 4.99. The second-order valence-electron chi connectivity index (χ2n) is 8.92. The SMILES string of the molecule is COc1ncnc2c1ccn2[C@@H]1C[C@H](CCc2ccc3ccc(NCC(F)F)nc3c2)[C@@H](O)[C@H]1O. The summed E-state index contributed by atoms with van der Waals surface area (Å²) in [6.45, 7) is -0.448. The predicted molar refractivity (Wildman–Crippen MR) is 128 cm³/mol. The molecule has 4 atom stereocenters. The smallest absolute Gasteiger partial charge is 0.255 e. The number of halogens is 2. The molecular weight excluding hydrogens is 456 g/mol. The lowest BCUT2D eigenvalue weighted by molar-refractivity contribution is 0.00545. The number of aliphatic hydroxyl groups excluding tert-OH is 2. The Hall–Kier alpha value is -3.37. The first kappa shape index (κ1) is 23.4. The third-order valence-corrected chi connectivity index (χ3v) is 6.79. The van der Waals surface area contributed by atoms with E-state index in [-0.39, 0.29) is 12.0 Å². The number of nitrogens with zero attached hydrogens (tertiary/aromatic N) is 4. The number of hydrogen-bond acceptors (Lipinski definition) is 7. The van der Waals surface area contributed by atoms with Gasteiger partial charge in [-0.25, -0.2) is 23.7 Å². The number of ether oxygens (including phenoxy) is 1. The minimum absolute atomic E-state index is 0.0983. The number of methoxy groups -OCH3 is 1. The van der Waals surface area contributed by atoms with Gasteiger partial charge in [0.25, 0.3) is 6.43 Å². The Labute approximate surface area is 200 Å². The third kappa shape index (κ3) is 4.63. The molecule has 10 heteroatoms. The van der Waals surface area contributed by atoms with Crippen LogP contribution >= 0.6 is 0 Å². The van der Waals surface area contributed by atoms with E-state index in [4.69, 9.17) is 4.74 Å². The maximum Gasteiger partial charge on any atom is 0.255 e. The topological polar surface area (TPSA) is 105 Å². The van der Waals surface area contributed by atoms with E-state index < -0.39 is 25.2 Å². The van der Waals surface area contributed by atoms with Crippen LogP contribution in [0, 0.1) is 5.92 Å². The summed E-state index contributed by atoms with van der Waals surface area (Å²) in [6, 6.07) is 11.0. The van der Waals surface area contributed by atoms with Crippen LogP contribution in [-0.4, -0.2) is 62.0 Å². The lowest BCUT2D eigenvalue weighted by atomic mass is 9.95. The second kappa shape index (κ2) is 9.71. The fraction of sp³-hybridized carbons (Fsp3) is 0.400. The van der Waals surface area contributed by atoms with E-state index in [1.54, 1.807) is 13.2 Å². The number of anilines is 1. The van der Waals surface area contributed by atoms with E-state index in [0.717, 1.165) is 21.9 Å². The molecule has 184 valence electrons. The molecule has 0 amide bonds. The Morgan fingerprint density at radius 2 is 1.97 bits per heavy atom. The second-order valence-corrected chi connectivity index (χ2v) is 8.92. The minimum Gasteiger partial charge on any atom is -0.480 e. The van der Waals surface area contributed by atoms with Gasteiger partial charge in [0.1, 0.15) is 23.9 Å². The standard InChI is InChI=1S/C25H27F2N5O3/c1-35-25-17-8-9-32(24(17)29-13-30-25)19-11-16(22(33)23(19)34)5-3-14-2-4-15-6-7-21(28-12-20(26)27)31-18(15)10-14/h2,4,6-10,13,16,19-20,22-23,33-34H,3,5,11-12H2,1H3,(H,28,31)/t16-,19+,22+,23-/m0/s1. The highest BCUT2D eigenvalue weighted by atomic mass is 19.3. The molecule has 0 spiro atoms. The number of nitrogens with one attached hydrogen (secondary N) is 1. The van der Waals surface area contributed by atoms with Crippen LogP contribution in [0.15, 0.2) is 48.9 Å². The molecule has 0 unspecified atom stereocenters. The van der Waals surface area contributed by atoms with Crippen molar-refractivity contribution in [2.75, 3.05) is 19.0 Å². The molecule has 0 radical (unpaired) electrons. The molecule has 1 aliphatic carbocycles. The third-order valence-electron chi connectivity index (χ3n) is 6.79. The quantitative estimate of drug-likeness (QED) is 0.352. The van der Waals surface area contributed by atoms with Crippen LogP contribution in [0.3, 0.4) is 0 Å². The highest BCUT2D eigenvalue weighted by molar-refractivity contribution is 5.82. The van der Waals surface area contributed by atoms with Gasteiger partial charge in [-0.15, -0.1) is 0 Å². The summed E-state index contributed by atoms with van der Waals surface area (Å²) >= 11 is 0. The summed E-state index contributed by atoms with van der Waals surface area (Å²) in [6.07, 6.45) is 1.02. The van der Waals surface area contributed by atoms with Crippen LogP contribution < -0.4 is 10.1 Å². The summed E-state index contributed by atoms with van der Waals surface area (Å²) in [7, 11) is 1.55. The Balaban J connectivity index is 1.29. The van der Waals surface area contributed by atoms with Gasteiger partial charge in [0.2, 0.25) is 5.88 Å². The first-order chi connectivity index (χ1) is 16.9. The van der Waals surface area contributed by atoms with Gasteiger partial charge in [-0.05, 0) is 55.0 Å². The van der Waals surface area contributed by atoms with Crippen molar-refractivity contribution in [3.05, 3.63) is 54.5 Å². The maximum atomic E-state index is 12.5. The lowest BCUT2D eigenvalue weighted by Gasteiger charge is -2.19. The summed E-state index contributed by atoms with van der Waals surface area (Å²) < 4.78 is 32.2. The molecule has 0 saturated heterocycles. The monoisotopic (exact) mass is 483 g/mol. The number of fused-ring (bicyclic) bond motifs is 2. The van der Waals surface area contributed by atoms with E-state index in [9.17, 15) is 19.0 Å². The summed E-state index contributed by atoms with van der Waals surface area (Å²) in [5.41, 5.74) is 2.41. The molecular formula is C25H27F2N5O3. The molecule has 1 fully saturated rings. The van der Waals surface area contributed by atoms with Crippen molar-refractivity contribution >= 4 is 27.8 Å². The molecule has 3 N–H and O–H groups in total. The van der Waals surface area contributed by atoms with Crippen LogP contribution in [0.5, 0.6) is 5.88 Å². The van der Waals surface area contributed by atoms with Gasteiger partial charge in [-0.1, -0.05) is 12.1 Å². The average Bonchev–Trinajstić information content (AvgIpc) is 3.41. The van der Waals surface area contributed by atoms with E-state index in [2.05, 4.69) is 20.3 Å². The van der Waals surface area contributed by atoms with Gasteiger partial charge in [-0.3, -0.25) is 0 Å². The van der Waals surface area contributed by atoms with Crippen LogP contribution in [0.25, 0.3) is 21.9 Å². The zero-order valence-electron chi connectivity index (χ0n) is 19.2. The predicted octanol–water partition coefficient (Wildman–Crippen LogP) is 3.58. The Kier molecular flexibility index (Phi) is 6.48. The van der Waals surface area contributed by atoms with Gasteiger partial charge in [0.15, 0.2) is 0 Å². The summed E-state index contributed by atoms with van der Waals surface area (Å²) in [5, 5.41) is 25.9. The van der Waals surface area contributed by atoms with Gasteiger partial charge in [-0.2, -0.15) is 0 Å². The highest BCUT2D eigenvalue weighted by Crippen LogP contribution is 2.40. The zero-order valence-corrected chi connectivity index (χ0v) is 19.2. The number of pyridine rings is 1. The number of benzene rings is 1. The number of aryl methyl sites for hydroxylation is 1. The van der Waals surface area contributed by atoms with E-state index >= 15 is 0 Å². The molecule has 3 aromatic heterocycles. The molecule has 5 rings (SSSR count). The number of alkyl halides is 2. The molecule has 0 bridgehead atoms. The molecule has 4 aromatic rings. The molecule has 35 heavy (non-hydrogen) atoms. The first-order valence-corrected chi connectivity index (χ1v) is 11.6. The van der Waals surface area contributed by atoms with E-state index in [1.165, 1.54) is 6.33 Å². The minimum atomic E-state index is -2.45. The highest BCUT2D eigenvalue weighted by Gasteiger charge is 2.42. The van der Waals surface area contributed by atoms with Gasteiger partial charge < -0.3 is 24.8 Å². The van der Waals surface area contributed by atoms with Crippen molar-refractivity contribution in [3.8, 4) is 5.88 Å². The van der Waals surface area contributed by atoms with Crippen LogP contribution in [0.4, 0.5) is 14.6 Å². The number of aromatic nitrogens is 4. The number of hydrogen-bond donors (Lipinski definition) is 3. The molecule has 3 heterocycles. The molecule has 1 saturated carbocycles. The summed E-state index contributed by atoms with van der Waals surface area (Å²) in [4.78, 5) is 12.9. The molecule has 1 aromatic carbocycles. The number of rotatable bonds is 8. The normalized spacial score (nSPS) is 22.3. The van der Waals surface area contributed by atoms with Gasteiger partial charge in [0, 0.05) is 11.6 Å². The fourth-order valence-electron chi connectivity index (χ4n) is 4.99. The summed E-state index contributed by atoms with van der Waals surface area (Å²) in [5.74, 6) is 0.779. The molecule has 0 aliphatic heterocycles. The van der Waals surface area contributed by atoms with Crippen molar-refractivity contribution in [3.63, 3.8) is 0 Å².